The fourth-order valence-corrected chi connectivity index (χ4v) is 3.71. The zero-order valence-electron chi connectivity index (χ0n) is 9.16. The second-order valence-corrected chi connectivity index (χ2v) is 5.44. The van der Waals surface area contributed by atoms with E-state index in [-0.39, 0.29) is 5.95 Å². The third kappa shape index (κ3) is 1.28. The lowest BCUT2D eigenvalue weighted by atomic mass is 9.90. The summed E-state index contributed by atoms with van der Waals surface area (Å²) in [6, 6.07) is 0. The predicted molar refractivity (Wildman–Crippen MR) is 67.6 cm³/mol. The molecule has 84 valence electrons. The van der Waals surface area contributed by atoms with Gasteiger partial charge in [0.2, 0.25) is 5.95 Å². The number of aromatic nitrogens is 2. The average Bonchev–Trinajstić information content (AvgIpc) is 2.59. The number of fused-ring (bicyclic) bond motifs is 3. The van der Waals surface area contributed by atoms with E-state index in [1.54, 1.807) is 11.3 Å². The Morgan fingerprint density at radius 1 is 1.31 bits per heavy atom. The van der Waals surface area contributed by atoms with Crippen molar-refractivity contribution in [3.63, 3.8) is 0 Å². The van der Waals surface area contributed by atoms with Crippen molar-refractivity contribution in [3.8, 4) is 0 Å². The van der Waals surface area contributed by atoms with Crippen LogP contribution in [0, 0.1) is 0 Å². The average molecular weight is 234 g/mol. The van der Waals surface area contributed by atoms with Gasteiger partial charge in [0.1, 0.15) is 5.82 Å². The highest BCUT2D eigenvalue weighted by Gasteiger charge is 2.23. The minimum Gasteiger partial charge on any atom is -0.382 e. The quantitative estimate of drug-likeness (QED) is 0.733. The largest absolute Gasteiger partial charge is 0.382 e. The molecule has 0 bridgehead atoms. The Balaban J connectivity index is 2.36. The molecule has 0 saturated carbocycles. The molecular weight excluding hydrogens is 220 g/mol. The van der Waals surface area contributed by atoms with Gasteiger partial charge >= 0.3 is 0 Å². The highest BCUT2D eigenvalue weighted by Crippen LogP contribution is 2.42. The minimum absolute atomic E-state index is 0.281. The van der Waals surface area contributed by atoms with Crippen LogP contribution < -0.4 is 11.5 Å². The summed E-state index contributed by atoms with van der Waals surface area (Å²) in [5, 5.41) is 0. The van der Waals surface area contributed by atoms with Gasteiger partial charge in [-0.25, -0.2) is 4.98 Å². The van der Waals surface area contributed by atoms with Crippen LogP contribution in [0.1, 0.15) is 36.1 Å². The summed E-state index contributed by atoms with van der Waals surface area (Å²) in [5.74, 6) is 1.42. The zero-order chi connectivity index (χ0) is 11.3. The molecule has 2 heterocycles. The molecule has 0 aliphatic heterocycles. The van der Waals surface area contributed by atoms with Crippen LogP contribution in [0.15, 0.2) is 0 Å². The standard InChI is InChI=1S/C11H14N4S/c1-5-3-2-4-6-7-9(16-8(5)6)10(12)15-11(13)14-7/h5H,2-4H2,1H3,(H4,12,13,14,15). The summed E-state index contributed by atoms with van der Waals surface area (Å²) in [6.07, 6.45) is 3.57. The van der Waals surface area contributed by atoms with Crippen LogP contribution in [0.2, 0.25) is 0 Å². The van der Waals surface area contributed by atoms with Crippen molar-refractivity contribution in [1.82, 2.24) is 9.97 Å². The van der Waals surface area contributed by atoms with Gasteiger partial charge in [-0.05, 0) is 30.7 Å². The summed E-state index contributed by atoms with van der Waals surface area (Å²) in [7, 11) is 0. The molecule has 3 rings (SSSR count). The first-order valence-corrected chi connectivity index (χ1v) is 6.32. The van der Waals surface area contributed by atoms with E-state index < -0.39 is 0 Å². The van der Waals surface area contributed by atoms with Crippen molar-refractivity contribution >= 4 is 33.3 Å². The third-order valence-electron chi connectivity index (χ3n) is 3.22. The van der Waals surface area contributed by atoms with E-state index in [0.29, 0.717) is 11.7 Å². The van der Waals surface area contributed by atoms with Gasteiger partial charge < -0.3 is 11.5 Å². The first-order chi connectivity index (χ1) is 7.66. The molecule has 1 atom stereocenters. The van der Waals surface area contributed by atoms with Crippen molar-refractivity contribution in [2.45, 2.75) is 32.1 Å². The van der Waals surface area contributed by atoms with Crippen molar-refractivity contribution < 1.29 is 0 Å². The maximum absolute atomic E-state index is 5.89. The number of anilines is 2. The van der Waals surface area contributed by atoms with Crippen molar-refractivity contribution in [1.29, 1.82) is 0 Å². The lowest BCUT2D eigenvalue weighted by Crippen LogP contribution is -2.04. The SMILES string of the molecule is CC1CCCc2c1sc1c(N)nc(N)nc21. The predicted octanol–water partition coefficient (Wildman–Crippen LogP) is 2.30. The highest BCUT2D eigenvalue weighted by molar-refractivity contribution is 7.19. The fraction of sp³-hybridized carbons (Fsp3) is 0.455. The molecule has 4 nitrogen and oxygen atoms in total. The molecule has 0 fully saturated rings. The Bertz CT molecular complexity index is 561. The first kappa shape index (κ1) is 9.84. The third-order valence-corrected chi connectivity index (χ3v) is 4.69. The topological polar surface area (TPSA) is 77.8 Å². The summed E-state index contributed by atoms with van der Waals surface area (Å²) in [6.45, 7) is 2.26. The first-order valence-electron chi connectivity index (χ1n) is 5.51. The van der Waals surface area contributed by atoms with Crippen LogP contribution in [0.3, 0.4) is 0 Å². The Morgan fingerprint density at radius 2 is 2.12 bits per heavy atom. The molecule has 16 heavy (non-hydrogen) atoms. The van der Waals surface area contributed by atoms with E-state index >= 15 is 0 Å². The van der Waals surface area contributed by atoms with E-state index in [0.717, 1.165) is 16.6 Å². The lowest BCUT2D eigenvalue weighted by Gasteiger charge is -2.17. The zero-order valence-corrected chi connectivity index (χ0v) is 9.97. The Labute approximate surface area is 97.7 Å². The summed E-state index contributed by atoms with van der Waals surface area (Å²) in [5.41, 5.74) is 13.9. The Hall–Kier alpha value is -1.36. The number of nitrogens with zero attached hydrogens (tertiary/aromatic N) is 2. The van der Waals surface area contributed by atoms with Gasteiger partial charge in [-0.2, -0.15) is 4.98 Å². The second kappa shape index (κ2) is 3.31. The van der Waals surface area contributed by atoms with Gasteiger partial charge in [0.25, 0.3) is 0 Å². The van der Waals surface area contributed by atoms with Crippen LogP contribution in [-0.2, 0) is 6.42 Å². The van der Waals surface area contributed by atoms with E-state index in [4.69, 9.17) is 11.5 Å². The van der Waals surface area contributed by atoms with Gasteiger partial charge in [-0.1, -0.05) is 6.92 Å². The Morgan fingerprint density at radius 3 is 2.94 bits per heavy atom. The normalized spacial score (nSPS) is 19.9. The van der Waals surface area contributed by atoms with Crippen LogP contribution in [0.4, 0.5) is 11.8 Å². The molecule has 4 N–H and O–H groups in total. The summed E-state index contributed by atoms with van der Waals surface area (Å²) >= 11 is 1.74. The van der Waals surface area contributed by atoms with Gasteiger partial charge in [0.05, 0.1) is 10.2 Å². The second-order valence-electron chi connectivity index (χ2n) is 4.38. The molecule has 1 aliphatic carbocycles. The number of hydrogen-bond donors (Lipinski definition) is 2. The van der Waals surface area contributed by atoms with Crippen molar-refractivity contribution in [3.05, 3.63) is 10.4 Å². The Kier molecular flexibility index (Phi) is 2.04. The van der Waals surface area contributed by atoms with Crippen molar-refractivity contribution in [2.24, 2.45) is 0 Å². The van der Waals surface area contributed by atoms with E-state index in [2.05, 4.69) is 16.9 Å². The molecule has 5 heteroatoms. The number of hydrogen-bond acceptors (Lipinski definition) is 5. The van der Waals surface area contributed by atoms with Crippen LogP contribution in [0.25, 0.3) is 10.2 Å². The van der Waals surface area contributed by atoms with Crippen LogP contribution in [0.5, 0.6) is 0 Å². The lowest BCUT2D eigenvalue weighted by molar-refractivity contribution is 0.603. The summed E-state index contributed by atoms with van der Waals surface area (Å²) in [4.78, 5) is 9.79. The molecule has 0 spiro atoms. The molecule has 2 aromatic heterocycles. The number of nitrogens with two attached hydrogens (primary N) is 2. The molecule has 1 aliphatic rings. The number of aryl methyl sites for hydroxylation is 1. The van der Waals surface area contributed by atoms with Crippen LogP contribution in [-0.4, -0.2) is 9.97 Å². The van der Waals surface area contributed by atoms with Gasteiger partial charge in [-0.15, -0.1) is 11.3 Å². The summed E-state index contributed by atoms with van der Waals surface area (Å²) < 4.78 is 1.01. The maximum Gasteiger partial charge on any atom is 0.222 e. The van der Waals surface area contributed by atoms with Gasteiger partial charge in [0, 0.05) is 4.88 Å². The maximum atomic E-state index is 5.89. The molecule has 0 amide bonds. The van der Waals surface area contributed by atoms with E-state index in [9.17, 15) is 0 Å². The molecular formula is C11H14N4S. The van der Waals surface area contributed by atoms with Gasteiger partial charge in [-0.3, -0.25) is 0 Å². The molecule has 0 saturated heterocycles. The smallest absolute Gasteiger partial charge is 0.222 e. The monoisotopic (exact) mass is 234 g/mol. The number of nitrogen functional groups attached to an aromatic ring is 2. The molecule has 2 aromatic rings. The van der Waals surface area contributed by atoms with Crippen molar-refractivity contribution in [2.75, 3.05) is 11.5 Å². The van der Waals surface area contributed by atoms with Gasteiger partial charge in [0.15, 0.2) is 0 Å². The number of thiophene rings is 1. The molecule has 0 radical (unpaired) electrons. The van der Waals surface area contributed by atoms with E-state index in [1.807, 2.05) is 0 Å². The van der Waals surface area contributed by atoms with Crippen LogP contribution >= 0.6 is 11.3 Å². The van der Waals surface area contributed by atoms with E-state index in [1.165, 1.54) is 23.3 Å². The fourth-order valence-electron chi connectivity index (χ4n) is 2.43. The minimum atomic E-state index is 0.281. The molecule has 1 unspecified atom stereocenters. The molecule has 0 aromatic carbocycles. The number of rotatable bonds is 0. The highest BCUT2D eigenvalue weighted by atomic mass is 32.1.